The van der Waals surface area contributed by atoms with E-state index in [4.69, 9.17) is 0 Å². The van der Waals surface area contributed by atoms with Crippen molar-refractivity contribution in [2.45, 2.75) is 32.4 Å². The molecule has 100 valence electrons. The number of carbonyl (C=O) groups excluding carboxylic acids is 1. The number of hydrogen-bond donors (Lipinski definition) is 1. The summed E-state index contributed by atoms with van der Waals surface area (Å²) in [6.07, 6.45) is 4.65. The van der Waals surface area contributed by atoms with Crippen molar-refractivity contribution < 1.29 is 4.79 Å². The first-order chi connectivity index (χ1) is 9.29. The molecule has 1 amide bonds. The molecule has 1 atom stereocenters. The van der Waals surface area contributed by atoms with E-state index in [0.717, 1.165) is 12.0 Å². The molecule has 0 aliphatic carbocycles. The van der Waals surface area contributed by atoms with Crippen molar-refractivity contribution in [2.24, 2.45) is 0 Å². The zero-order chi connectivity index (χ0) is 13.5. The fourth-order valence-electron chi connectivity index (χ4n) is 1.91. The Kier molecular flexibility index (Phi) is 4.66. The van der Waals surface area contributed by atoms with Gasteiger partial charge in [-0.1, -0.05) is 37.3 Å². The van der Waals surface area contributed by atoms with Crippen LogP contribution in [-0.2, 0) is 11.3 Å². The highest BCUT2D eigenvalue weighted by atomic mass is 16.1. The summed E-state index contributed by atoms with van der Waals surface area (Å²) in [5.41, 5.74) is 1.06. The molecule has 0 saturated heterocycles. The molecule has 19 heavy (non-hydrogen) atoms. The molecule has 0 aliphatic rings. The molecule has 0 bridgehead atoms. The second kappa shape index (κ2) is 6.68. The van der Waals surface area contributed by atoms with Crippen molar-refractivity contribution >= 4 is 5.91 Å². The van der Waals surface area contributed by atoms with Crippen LogP contribution < -0.4 is 5.32 Å². The van der Waals surface area contributed by atoms with Crippen molar-refractivity contribution in [1.82, 2.24) is 20.3 Å². The Hall–Kier alpha value is -2.17. The Labute approximate surface area is 112 Å². The highest BCUT2D eigenvalue weighted by Crippen LogP contribution is 2.14. The van der Waals surface area contributed by atoms with E-state index in [1.165, 1.54) is 0 Å². The van der Waals surface area contributed by atoms with Crippen LogP contribution in [-0.4, -0.2) is 20.9 Å². The lowest BCUT2D eigenvalue weighted by Gasteiger charge is -2.18. The quantitative estimate of drug-likeness (QED) is 0.861. The van der Waals surface area contributed by atoms with Crippen LogP contribution in [0.25, 0.3) is 0 Å². The van der Waals surface area contributed by atoms with Gasteiger partial charge in [0.2, 0.25) is 5.91 Å². The van der Waals surface area contributed by atoms with Crippen molar-refractivity contribution in [3.05, 3.63) is 48.3 Å². The molecule has 1 aromatic carbocycles. The fraction of sp³-hybridized carbons (Fsp3) is 0.357. The van der Waals surface area contributed by atoms with Gasteiger partial charge in [0.1, 0.15) is 0 Å². The first kappa shape index (κ1) is 13.3. The highest BCUT2D eigenvalue weighted by molar-refractivity contribution is 5.76. The lowest BCUT2D eigenvalue weighted by atomic mass is 10.1. The molecule has 5 nitrogen and oxygen atoms in total. The number of amides is 1. The first-order valence-electron chi connectivity index (χ1n) is 6.48. The number of aromatic nitrogens is 3. The van der Waals surface area contributed by atoms with Crippen LogP contribution >= 0.6 is 0 Å². The summed E-state index contributed by atoms with van der Waals surface area (Å²) in [6.45, 7) is 2.53. The molecule has 0 fully saturated rings. The topological polar surface area (TPSA) is 59.8 Å². The molecule has 5 heteroatoms. The van der Waals surface area contributed by atoms with Crippen molar-refractivity contribution in [3.8, 4) is 0 Å². The molecule has 2 aromatic rings. The van der Waals surface area contributed by atoms with E-state index in [0.29, 0.717) is 13.0 Å². The summed E-state index contributed by atoms with van der Waals surface area (Å²) >= 11 is 0. The summed E-state index contributed by atoms with van der Waals surface area (Å²) < 4.78 is 0. The third kappa shape index (κ3) is 3.91. The van der Waals surface area contributed by atoms with Gasteiger partial charge in [-0.3, -0.25) is 4.79 Å². The van der Waals surface area contributed by atoms with Crippen LogP contribution in [0, 0.1) is 0 Å². The van der Waals surface area contributed by atoms with Gasteiger partial charge in [-0.15, -0.1) is 0 Å². The predicted octanol–water partition coefficient (Wildman–Crippen LogP) is 1.94. The number of nitrogens with zero attached hydrogens (tertiary/aromatic N) is 3. The highest BCUT2D eigenvalue weighted by Gasteiger charge is 2.15. The molecule has 1 N–H and O–H groups in total. The third-order valence-electron chi connectivity index (χ3n) is 2.83. The summed E-state index contributed by atoms with van der Waals surface area (Å²) in [5.74, 6) is 0.0588. The van der Waals surface area contributed by atoms with Gasteiger partial charge in [-0.2, -0.15) is 15.0 Å². The summed E-state index contributed by atoms with van der Waals surface area (Å²) in [6, 6.07) is 9.78. The van der Waals surface area contributed by atoms with Gasteiger partial charge >= 0.3 is 0 Å². The SMILES string of the molecule is CCCC(=O)NC(Cn1nccn1)c1ccccc1. The summed E-state index contributed by atoms with van der Waals surface area (Å²) in [4.78, 5) is 13.4. The molecular weight excluding hydrogens is 240 g/mol. The maximum absolute atomic E-state index is 11.8. The number of hydrogen-bond acceptors (Lipinski definition) is 3. The molecule has 0 radical (unpaired) electrons. The number of rotatable bonds is 6. The maximum Gasteiger partial charge on any atom is 0.220 e. The second-order valence-corrected chi connectivity index (χ2v) is 4.36. The van der Waals surface area contributed by atoms with Crippen LogP contribution in [0.4, 0.5) is 0 Å². The van der Waals surface area contributed by atoms with Gasteiger partial charge in [0.25, 0.3) is 0 Å². The van der Waals surface area contributed by atoms with E-state index in [9.17, 15) is 4.79 Å². The molecule has 1 heterocycles. The first-order valence-corrected chi connectivity index (χ1v) is 6.48. The number of carbonyl (C=O) groups is 1. The molecule has 1 aromatic heterocycles. The molecule has 0 spiro atoms. The zero-order valence-corrected chi connectivity index (χ0v) is 11.0. The minimum Gasteiger partial charge on any atom is -0.347 e. The Morgan fingerprint density at radius 2 is 1.95 bits per heavy atom. The van der Waals surface area contributed by atoms with Crippen molar-refractivity contribution in [1.29, 1.82) is 0 Å². The van der Waals surface area contributed by atoms with E-state index >= 15 is 0 Å². The molecular formula is C14H18N4O. The third-order valence-corrected chi connectivity index (χ3v) is 2.83. The minimum absolute atomic E-state index is 0.0588. The summed E-state index contributed by atoms with van der Waals surface area (Å²) in [5, 5.41) is 11.2. The lowest BCUT2D eigenvalue weighted by molar-refractivity contribution is -0.122. The van der Waals surface area contributed by atoms with Crippen molar-refractivity contribution in [2.75, 3.05) is 0 Å². The Morgan fingerprint density at radius 1 is 1.26 bits per heavy atom. The second-order valence-electron chi connectivity index (χ2n) is 4.36. The standard InChI is InChI=1S/C14H18N4O/c1-2-6-14(19)17-13(11-18-15-9-10-16-18)12-7-4-3-5-8-12/h3-5,7-10,13H,2,6,11H2,1H3,(H,17,19). The normalized spacial score (nSPS) is 12.1. The number of nitrogens with one attached hydrogen (secondary N) is 1. The van der Waals surface area contributed by atoms with Gasteiger partial charge in [0.15, 0.2) is 0 Å². The van der Waals surface area contributed by atoms with Crippen LogP contribution in [0.1, 0.15) is 31.4 Å². The van der Waals surface area contributed by atoms with E-state index in [1.54, 1.807) is 17.2 Å². The fourth-order valence-corrected chi connectivity index (χ4v) is 1.91. The largest absolute Gasteiger partial charge is 0.347 e. The van der Waals surface area contributed by atoms with Gasteiger partial charge in [-0.25, -0.2) is 0 Å². The average molecular weight is 258 g/mol. The van der Waals surface area contributed by atoms with Gasteiger partial charge in [0, 0.05) is 6.42 Å². The minimum atomic E-state index is -0.104. The van der Waals surface area contributed by atoms with Crippen LogP contribution in [0.15, 0.2) is 42.7 Å². The molecule has 2 rings (SSSR count). The van der Waals surface area contributed by atoms with Crippen LogP contribution in [0.2, 0.25) is 0 Å². The van der Waals surface area contributed by atoms with E-state index in [1.807, 2.05) is 37.3 Å². The zero-order valence-electron chi connectivity index (χ0n) is 11.0. The van der Waals surface area contributed by atoms with E-state index in [-0.39, 0.29) is 11.9 Å². The Balaban J connectivity index is 2.11. The maximum atomic E-state index is 11.8. The van der Waals surface area contributed by atoms with Crippen LogP contribution in [0.3, 0.4) is 0 Å². The summed E-state index contributed by atoms with van der Waals surface area (Å²) in [7, 11) is 0. The lowest BCUT2D eigenvalue weighted by Crippen LogP contribution is -2.31. The van der Waals surface area contributed by atoms with Gasteiger partial charge < -0.3 is 5.32 Å². The van der Waals surface area contributed by atoms with Crippen molar-refractivity contribution in [3.63, 3.8) is 0 Å². The van der Waals surface area contributed by atoms with Crippen LogP contribution in [0.5, 0.6) is 0 Å². The predicted molar refractivity (Wildman–Crippen MR) is 72.3 cm³/mol. The van der Waals surface area contributed by atoms with E-state index < -0.39 is 0 Å². The van der Waals surface area contributed by atoms with Gasteiger partial charge in [0.05, 0.1) is 25.0 Å². The molecule has 0 saturated carbocycles. The molecule has 0 aliphatic heterocycles. The Morgan fingerprint density at radius 3 is 2.58 bits per heavy atom. The monoisotopic (exact) mass is 258 g/mol. The Bertz CT molecular complexity index is 495. The van der Waals surface area contributed by atoms with E-state index in [2.05, 4.69) is 15.5 Å². The molecule has 1 unspecified atom stereocenters. The number of benzene rings is 1. The average Bonchev–Trinajstić information content (AvgIpc) is 2.92. The van der Waals surface area contributed by atoms with Gasteiger partial charge in [-0.05, 0) is 12.0 Å². The smallest absolute Gasteiger partial charge is 0.220 e.